The van der Waals surface area contributed by atoms with Crippen molar-refractivity contribution >= 4 is 29.8 Å². The number of ether oxygens (including phenoxy) is 3. The van der Waals surface area contributed by atoms with Gasteiger partial charge in [0.25, 0.3) is 11.8 Å². The fraction of sp³-hybridized carbons (Fsp3) is 0.833. The van der Waals surface area contributed by atoms with E-state index >= 15 is 0 Å². The summed E-state index contributed by atoms with van der Waals surface area (Å²) in [5, 5.41) is 8.22. The van der Waals surface area contributed by atoms with Gasteiger partial charge in [-0.2, -0.15) is 0 Å². The molecule has 3 amide bonds. The highest BCUT2D eigenvalue weighted by Gasteiger charge is 2.33. The minimum absolute atomic E-state index is 0.179. The van der Waals surface area contributed by atoms with E-state index in [1.165, 1.54) is 0 Å². The minimum atomic E-state index is -1.29. The Morgan fingerprint density at radius 1 is 0.814 bits per heavy atom. The first kappa shape index (κ1) is 36.3. The van der Waals surface area contributed by atoms with E-state index in [-0.39, 0.29) is 30.6 Å². The molecule has 0 aliphatic carbocycles. The highest BCUT2D eigenvalue weighted by Crippen LogP contribution is 2.15. The van der Waals surface area contributed by atoms with E-state index in [4.69, 9.17) is 14.2 Å². The fourth-order valence-corrected chi connectivity index (χ4v) is 4.82. The number of amides is 3. The average molecular weight is 612 g/mol. The number of carbonyl (C=O) groups is 5. The number of esters is 2. The van der Waals surface area contributed by atoms with Crippen LogP contribution >= 0.6 is 0 Å². The number of piperazine rings is 1. The van der Waals surface area contributed by atoms with Gasteiger partial charge in [0.05, 0.1) is 0 Å². The molecular formula is C30H53N5O8. The number of alkyl carbamates (subject to hydrolysis) is 1. The summed E-state index contributed by atoms with van der Waals surface area (Å²) in [6.45, 7) is 18.4. The van der Waals surface area contributed by atoms with Crippen LogP contribution in [0, 0.1) is 11.8 Å². The summed E-state index contributed by atoms with van der Waals surface area (Å²) in [5.41, 5.74) is -0.831. The van der Waals surface area contributed by atoms with Gasteiger partial charge in [0.15, 0.2) is 12.2 Å². The summed E-state index contributed by atoms with van der Waals surface area (Å²) in [6.07, 6.45) is -1.91. The van der Waals surface area contributed by atoms with Crippen molar-refractivity contribution in [1.29, 1.82) is 0 Å². The summed E-state index contributed by atoms with van der Waals surface area (Å²) in [4.78, 5) is 69.2. The molecule has 0 spiro atoms. The topological polar surface area (TPSA) is 156 Å². The fourth-order valence-electron chi connectivity index (χ4n) is 4.82. The number of carbonyl (C=O) groups excluding carboxylic acids is 5. The Bertz CT molecular complexity index is 943. The molecule has 0 aromatic carbocycles. The van der Waals surface area contributed by atoms with Gasteiger partial charge in [-0.1, -0.05) is 27.7 Å². The average Bonchev–Trinajstić information content (AvgIpc) is 2.91. The van der Waals surface area contributed by atoms with E-state index < -0.39 is 47.8 Å². The Morgan fingerprint density at radius 3 is 1.72 bits per heavy atom. The highest BCUT2D eigenvalue weighted by molar-refractivity contribution is 5.87. The minimum Gasteiger partial charge on any atom is -0.452 e. The molecule has 3 N–H and O–H groups in total. The standard InChI is InChI=1S/C30H53N5O8/c1-20(2)24-26(37)31-12-8-14-34-16-18-35(19-17-34)15-9-13-32-27(38)25(21(3)4)42-28(39)22(10-11-23(36)41-24)33-29(40)43-30(5,6)7/h20-22,24-25H,8-19H2,1-7H3,(H,31,37)(H,32,38)(H,33,40). The zero-order valence-corrected chi connectivity index (χ0v) is 27.0. The van der Waals surface area contributed by atoms with Crippen molar-refractivity contribution in [2.75, 3.05) is 52.4 Å². The molecule has 3 atom stereocenters. The summed E-state index contributed by atoms with van der Waals surface area (Å²) in [7, 11) is 0. The molecule has 13 nitrogen and oxygen atoms in total. The van der Waals surface area contributed by atoms with Gasteiger partial charge < -0.3 is 40.0 Å². The molecule has 246 valence electrons. The van der Waals surface area contributed by atoms with Crippen LogP contribution in [-0.2, 0) is 33.4 Å². The van der Waals surface area contributed by atoms with Gasteiger partial charge >= 0.3 is 18.0 Å². The third kappa shape index (κ3) is 13.5. The number of nitrogens with one attached hydrogen (secondary N) is 3. The molecule has 3 unspecified atom stereocenters. The molecule has 3 fully saturated rings. The summed E-state index contributed by atoms with van der Waals surface area (Å²) in [6, 6.07) is -1.29. The van der Waals surface area contributed by atoms with E-state index in [2.05, 4.69) is 25.8 Å². The maximum atomic E-state index is 13.3. The van der Waals surface area contributed by atoms with Gasteiger partial charge in [0.1, 0.15) is 11.6 Å². The van der Waals surface area contributed by atoms with E-state index in [1.807, 2.05) is 0 Å². The largest absolute Gasteiger partial charge is 0.452 e. The van der Waals surface area contributed by atoms with Gasteiger partial charge in [0.2, 0.25) is 0 Å². The quantitative estimate of drug-likeness (QED) is 0.315. The number of hydrogen-bond acceptors (Lipinski definition) is 10. The van der Waals surface area contributed by atoms with Crippen molar-refractivity contribution in [1.82, 2.24) is 25.8 Å². The van der Waals surface area contributed by atoms with Crippen molar-refractivity contribution < 1.29 is 38.2 Å². The lowest BCUT2D eigenvalue weighted by Gasteiger charge is -2.34. The molecule has 3 saturated heterocycles. The van der Waals surface area contributed by atoms with Gasteiger partial charge in [-0.15, -0.1) is 0 Å². The van der Waals surface area contributed by atoms with Crippen LogP contribution in [0.3, 0.4) is 0 Å². The SMILES string of the molecule is CC(C)C1OC(=O)CCC(NC(=O)OC(C)(C)C)C(=O)OC(C(C)C)C(=O)NCCCN2CCN(CCCNC1=O)CC2. The third-order valence-electron chi connectivity index (χ3n) is 7.21. The number of fused-ring (bicyclic) bond motifs is 20. The lowest BCUT2D eigenvalue weighted by molar-refractivity contribution is -0.162. The van der Waals surface area contributed by atoms with Crippen LogP contribution in [0.15, 0.2) is 0 Å². The Balaban J connectivity index is 2.21. The normalized spacial score (nSPS) is 28.0. The number of nitrogens with zero attached hydrogens (tertiary/aromatic N) is 2. The number of hydrogen-bond donors (Lipinski definition) is 3. The molecule has 13 heteroatoms. The Hall–Kier alpha value is -2.93. The first-order chi connectivity index (χ1) is 20.2. The van der Waals surface area contributed by atoms with Crippen LogP contribution in [-0.4, -0.2) is 116 Å². The van der Waals surface area contributed by atoms with Crippen molar-refractivity contribution in [2.45, 2.75) is 98.0 Å². The smallest absolute Gasteiger partial charge is 0.408 e. The van der Waals surface area contributed by atoms with Crippen molar-refractivity contribution in [2.24, 2.45) is 11.8 Å². The summed E-state index contributed by atoms with van der Waals surface area (Å²) in [5.74, 6) is -3.00. The predicted molar refractivity (Wildman–Crippen MR) is 160 cm³/mol. The summed E-state index contributed by atoms with van der Waals surface area (Å²) >= 11 is 0. The lowest BCUT2D eigenvalue weighted by Crippen LogP contribution is -2.49. The molecule has 0 radical (unpaired) electrons. The molecular weight excluding hydrogens is 558 g/mol. The number of rotatable bonds is 3. The molecule has 3 heterocycles. The molecule has 0 aromatic rings. The van der Waals surface area contributed by atoms with Crippen LogP contribution in [0.1, 0.15) is 74.1 Å². The molecule has 2 bridgehead atoms. The van der Waals surface area contributed by atoms with E-state index in [0.717, 1.165) is 52.1 Å². The zero-order chi connectivity index (χ0) is 32.2. The Kier molecular flexibility index (Phi) is 14.7. The van der Waals surface area contributed by atoms with E-state index in [1.54, 1.807) is 48.5 Å². The second-order valence-electron chi connectivity index (χ2n) is 13.0. The van der Waals surface area contributed by atoms with Gasteiger partial charge in [-0.3, -0.25) is 14.4 Å². The van der Waals surface area contributed by atoms with Gasteiger partial charge in [-0.25, -0.2) is 9.59 Å². The van der Waals surface area contributed by atoms with Crippen LogP contribution < -0.4 is 16.0 Å². The molecule has 3 rings (SSSR count). The molecule has 0 saturated carbocycles. The van der Waals surface area contributed by atoms with Crippen molar-refractivity contribution in [3.05, 3.63) is 0 Å². The lowest BCUT2D eigenvalue weighted by atomic mass is 10.1. The second kappa shape index (κ2) is 17.4. The van der Waals surface area contributed by atoms with Gasteiger partial charge in [0, 0.05) is 45.7 Å². The summed E-state index contributed by atoms with van der Waals surface area (Å²) < 4.78 is 16.4. The predicted octanol–water partition coefficient (Wildman–Crippen LogP) is 1.44. The highest BCUT2D eigenvalue weighted by atomic mass is 16.6. The van der Waals surface area contributed by atoms with Gasteiger partial charge in [-0.05, 0) is 65.0 Å². The molecule has 3 aliphatic heterocycles. The maximum absolute atomic E-state index is 13.3. The van der Waals surface area contributed by atoms with Crippen LogP contribution in [0.4, 0.5) is 4.79 Å². The van der Waals surface area contributed by atoms with Crippen molar-refractivity contribution in [3.63, 3.8) is 0 Å². The molecule has 43 heavy (non-hydrogen) atoms. The van der Waals surface area contributed by atoms with Crippen LogP contribution in [0.25, 0.3) is 0 Å². The first-order valence-electron chi connectivity index (χ1n) is 15.6. The molecule has 3 aliphatic rings. The van der Waals surface area contributed by atoms with E-state index in [9.17, 15) is 24.0 Å². The maximum Gasteiger partial charge on any atom is 0.408 e. The second-order valence-corrected chi connectivity index (χ2v) is 13.0. The zero-order valence-electron chi connectivity index (χ0n) is 27.0. The molecule has 0 aromatic heterocycles. The van der Waals surface area contributed by atoms with E-state index in [0.29, 0.717) is 13.1 Å². The Morgan fingerprint density at radius 2 is 1.28 bits per heavy atom. The monoisotopic (exact) mass is 611 g/mol. The Labute approximate surface area is 256 Å². The van der Waals surface area contributed by atoms with Crippen LogP contribution in [0.2, 0.25) is 0 Å². The van der Waals surface area contributed by atoms with Crippen molar-refractivity contribution in [3.8, 4) is 0 Å². The van der Waals surface area contributed by atoms with Crippen LogP contribution in [0.5, 0.6) is 0 Å². The first-order valence-corrected chi connectivity index (χ1v) is 15.6. The third-order valence-corrected chi connectivity index (χ3v) is 7.21.